The van der Waals surface area contributed by atoms with E-state index in [4.69, 9.17) is 5.11 Å². The summed E-state index contributed by atoms with van der Waals surface area (Å²) in [5, 5.41) is 13.1. The van der Waals surface area contributed by atoms with Gasteiger partial charge in [-0.2, -0.15) is 9.40 Å². The second-order valence-electron chi connectivity index (χ2n) is 5.80. The molecule has 1 atom stereocenters. The molecule has 1 aromatic heterocycles. The Morgan fingerprint density at radius 1 is 1.52 bits per heavy atom. The first-order chi connectivity index (χ1) is 9.71. The lowest BCUT2D eigenvalue weighted by molar-refractivity contribution is -0.138. The molecule has 2 rings (SSSR count). The Kier molecular flexibility index (Phi) is 4.12. The van der Waals surface area contributed by atoms with Crippen LogP contribution in [-0.2, 0) is 21.4 Å². The van der Waals surface area contributed by atoms with E-state index in [0.717, 1.165) is 0 Å². The van der Waals surface area contributed by atoms with E-state index in [1.807, 2.05) is 6.92 Å². The van der Waals surface area contributed by atoms with Crippen LogP contribution >= 0.6 is 0 Å². The van der Waals surface area contributed by atoms with Crippen molar-refractivity contribution in [2.75, 3.05) is 6.54 Å². The molecule has 0 aromatic carbocycles. The van der Waals surface area contributed by atoms with Crippen molar-refractivity contribution in [3.8, 4) is 0 Å². The van der Waals surface area contributed by atoms with Crippen LogP contribution in [0.3, 0.4) is 0 Å². The van der Waals surface area contributed by atoms with Crippen LogP contribution in [0, 0.1) is 5.92 Å². The van der Waals surface area contributed by atoms with Crippen LogP contribution in [0.5, 0.6) is 0 Å². The molecule has 7 nitrogen and oxygen atoms in total. The van der Waals surface area contributed by atoms with Gasteiger partial charge in [-0.1, -0.05) is 0 Å². The Labute approximate surface area is 124 Å². The van der Waals surface area contributed by atoms with Gasteiger partial charge in [0.25, 0.3) is 10.0 Å². The second-order valence-corrected chi connectivity index (χ2v) is 7.61. The molecule has 1 saturated heterocycles. The molecule has 1 aliphatic rings. The Morgan fingerprint density at radius 2 is 2.19 bits per heavy atom. The van der Waals surface area contributed by atoms with Gasteiger partial charge in [0.2, 0.25) is 0 Å². The number of hydrogen-bond donors (Lipinski definition) is 1. The largest absolute Gasteiger partial charge is 0.481 e. The average Bonchev–Trinajstić information content (AvgIpc) is 2.94. The molecule has 0 radical (unpaired) electrons. The predicted molar refractivity (Wildman–Crippen MR) is 76.2 cm³/mol. The zero-order valence-electron chi connectivity index (χ0n) is 12.5. The zero-order chi connectivity index (χ0) is 15.8. The van der Waals surface area contributed by atoms with E-state index in [0.29, 0.717) is 19.5 Å². The number of carboxylic acid groups (broad SMARTS) is 1. The highest BCUT2D eigenvalue weighted by atomic mass is 32.2. The van der Waals surface area contributed by atoms with E-state index in [-0.39, 0.29) is 17.4 Å². The fraction of sp³-hybridized carbons (Fsp3) is 0.692. The Morgan fingerprint density at radius 3 is 2.76 bits per heavy atom. The number of aliphatic carboxylic acids is 1. The van der Waals surface area contributed by atoms with Crippen molar-refractivity contribution in [1.82, 2.24) is 14.1 Å². The fourth-order valence-corrected chi connectivity index (χ4v) is 5.02. The van der Waals surface area contributed by atoms with Gasteiger partial charge in [0.05, 0.1) is 6.20 Å². The van der Waals surface area contributed by atoms with Crippen LogP contribution in [0.15, 0.2) is 17.3 Å². The van der Waals surface area contributed by atoms with Crippen molar-refractivity contribution in [2.45, 2.75) is 50.7 Å². The van der Waals surface area contributed by atoms with Gasteiger partial charge >= 0.3 is 5.97 Å². The standard InChI is InChI=1S/C13H21N3O4S/c1-4-15-11(5-7-14-15)21(19,20)16-8-6-10(9-12(17)18)13(16,2)3/h5,7,10H,4,6,8-9H2,1-3H3,(H,17,18). The van der Waals surface area contributed by atoms with E-state index >= 15 is 0 Å². The van der Waals surface area contributed by atoms with Crippen LogP contribution < -0.4 is 0 Å². The summed E-state index contributed by atoms with van der Waals surface area (Å²) in [5.41, 5.74) is -0.722. The molecule has 1 aromatic rings. The molecule has 8 heteroatoms. The lowest BCUT2D eigenvalue weighted by Gasteiger charge is -2.34. The zero-order valence-corrected chi connectivity index (χ0v) is 13.3. The van der Waals surface area contributed by atoms with Crippen molar-refractivity contribution in [3.63, 3.8) is 0 Å². The maximum atomic E-state index is 12.8. The van der Waals surface area contributed by atoms with Crippen LogP contribution in [0.4, 0.5) is 0 Å². The number of carbonyl (C=O) groups is 1. The van der Waals surface area contributed by atoms with E-state index in [2.05, 4.69) is 5.10 Å². The molecule has 21 heavy (non-hydrogen) atoms. The molecule has 2 heterocycles. The Hall–Kier alpha value is -1.41. The van der Waals surface area contributed by atoms with Crippen LogP contribution in [0.2, 0.25) is 0 Å². The van der Waals surface area contributed by atoms with Gasteiger partial charge in [0.15, 0.2) is 5.03 Å². The highest BCUT2D eigenvalue weighted by Gasteiger charge is 2.48. The normalized spacial score (nSPS) is 22.5. The van der Waals surface area contributed by atoms with Gasteiger partial charge in [0, 0.05) is 25.0 Å². The molecule has 0 amide bonds. The summed E-state index contributed by atoms with van der Waals surface area (Å²) >= 11 is 0. The highest BCUT2D eigenvalue weighted by molar-refractivity contribution is 7.89. The highest BCUT2D eigenvalue weighted by Crippen LogP contribution is 2.40. The quantitative estimate of drug-likeness (QED) is 0.880. The van der Waals surface area contributed by atoms with Gasteiger partial charge in [-0.3, -0.25) is 9.48 Å². The summed E-state index contributed by atoms with van der Waals surface area (Å²) in [4.78, 5) is 10.9. The SMILES string of the molecule is CCn1nccc1S(=O)(=O)N1CCC(CC(=O)O)C1(C)C. The van der Waals surface area contributed by atoms with Gasteiger partial charge < -0.3 is 5.11 Å². The Bertz CT molecular complexity index is 636. The third kappa shape index (κ3) is 2.69. The first-order valence-corrected chi connectivity index (χ1v) is 8.41. The second kappa shape index (κ2) is 5.42. The number of sulfonamides is 1. The molecular formula is C13H21N3O4S. The first kappa shape index (κ1) is 16.0. The lowest BCUT2D eigenvalue weighted by Crippen LogP contribution is -2.46. The van der Waals surface area contributed by atoms with Crippen molar-refractivity contribution >= 4 is 16.0 Å². The molecule has 1 N–H and O–H groups in total. The topological polar surface area (TPSA) is 92.5 Å². The van der Waals surface area contributed by atoms with Crippen LogP contribution in [-0.4, -0.2) is 45.7 Å². The smallest absolute Gasteiger partial charge is 0.303 e. The van der Waals surface area contributed by atoms with Crippen molar-refractivity contribution in [2.24, 2.45) is 5.92 Å². The molecule has 1 fully saturated rings. The minimum absolute atomic E-state index is 0.0218. The van der Waals surface area contributed by atoms with Crippen LogP contribution in [0.25, 0.3) is 0 Å². The summed E-state index contributed by atoms with van der Waals surface area (Å²) in [6, 6.07) is 1.49. The number of carboxylic acids is 1. The Balaban J connectivity index is 2.36. The van der Waals surface area contributed by atoms with Crippen LogP contribution in [0.1, 0.15) is 33.6 Å². The molecule has 0 saturated carbocycles. The molecule has 1 unspecified atom stereocenters. The third-order valence-corrected chi connectivity index (χ3v) is 6.38. The molecular weight excluding hydrogens is 294 g/mol. The summed E-state index contributed by atoms with van der Waals surface area (Å²) in [5.74, 6) is -1.09. The number of rotatable bonds is 5. The van der Waals surface area contributed by atoms with E-state index in [1.54, 1.807) is 13.8 Å². The maximum Gasteiger partial charge on any atom is 0.303 e. The lowest BCUT2D eigenvalue weighted by atomic mass is 9.87. The van der Waals surface area contributed by atoms with Gasteiger partial charge in [-0.05, 0) is 39.2 Å². The monoisotopic (exact) mass is 315 g/mol. The minimum Gasteiger partial charge on any atom is -0.481 e. The molecule has 0 aliphatic carbocycles. The fourth-order valence-electron chi connectivity index (χ4n) is 3.00. The minimum atomic E-state index is -3.67. The summed E-state index contributed by atoms with van der Waals surface area (Å²) in [6.45, 7) is 6.21. The predicted octanol–water partition coefficient (Wildman–Crippen LogP) is 1.17. The summed E-state index contributed by atoms with van der Waals surface area (Å²) < 4.78 is 28.5. The first-order valence-electron chi connectivity index (χ1n) is 6.97. The molecule has 118 valence electrons. The number of nitrogens with zero attached hydrogens (tertiary/aromatic N) is 3. The average molecular weight is 315 g/mol. The van der Waals surface area contributed by atoms with Crippen molar-refractivity contribution < 1.29 is 18.3 Å². The van der Waals surface area contributed by atoms with Gasteiger partial charge in [-0.15, -0.1) is 0 Å². The molecule has 0 bridgehead atoms. The number of aromatic nitrogens is 2. The van der Waals surface area contributed by atoms with Gasteiger partial charge in [-0.25, -0.2) is 8.42 Å². The molecule has 1 aliphatic heterocycles. The van der Waals surface area contributed by atoms with Gasteiger partial charge in [0.1, 0.15) is 0 Å². The van der Waals surface area contributed by atoms with E-state index < -0.39 is 21.5 Å². The number of aryl methyl sites for hydroxylation is 1. The number of hydrogen-bond acceptors (Lipinski definition) is 4. The summed E-state index contributed by atoms with van der Waals surface area (Å²) in [6.07, 6.45) is 2.00. The van der Waals surface area contributed by atoms with Crippen molar-refractivity contribution in [1.29, 1.82) is 0 Å². The maximum absolute atomic E-state index is 12.8. The summed E-state index contributed by atoms with van der Waals surface area (Å²) in [7, 11) is -3.67. The molecule has 0 spiro atoms. The third-order valence-electron chi connectivity index (χ3n) is 4.28. The van der Waals surface area contributed by atoms with Crippen molar-refractivity contribution in [3.05, 3.63) is 12.3 Å². The van der Waals surface area contributed by atoms with E-state index in [1.165, 1.54) is 21.3 Å². The van der Waals surface area contributed by atoms with E-state index in [9.17, 15) is 13.2 Å².